The molecule has 1 aliphatic heterocycles. The number of amides is 1. The van der Waals surface area contributed by atoms with Gasteiger partial charge in [0.05, 0.1) is 6.04 Å². The maximum absolute atomic E-state index is 11.0. The van der Waals surface area contributed by atoms with Crippen molar-refractivity contribution < 1.29 is 9.53 Å². The van der Waals surface area contributed by atoms with E-state index in [-0.39, 0.29) is 18.2 Å². The van der Waals surface area contributed by atoms with Crippen LogP contribution < -0.4 is 5.32 Å². The molecule has 1 amide bonds. The Morgan fingerprint density at radius 1 is 1.67 bits per heavy atom. The van der Waals surface area contributed by atoms with Crippen molar-refractivity contribution in [2.24, 2.45) is 5.92 Å². The highest BCUT2D eigenvalue weighted by Gasteiger charge is 2.33. The van der Waals surface area contributed by atoms with E-state index in [9.17, 15) is 4.79 Å². The zero-order valence-corrected chi connectivity index (χ0v) is 8.10. The Balaban J connectivity index is 2.61. The zero-order chi connectivity index (χ0) is 9.14. The molecule has 0 spiro atoms. The van der Waals surface area contributed by atoms with Crippen LogP contribution in [0.2, 0.25) is 0 Å². The lowest BCUT2D eigenvalue weighted by Gasteiger charge is -2.34. The van der Waals surface area contributed by atoms with E-state index in [1.807, 2.05) is 13.8 Å². The van der Waals surface area contributed by atoms with Crippen molar-refractivity contribution in [1.82, 2.24) is 5.32 Å². The second-order valence-electron chi connectivity index (χ2n) is 3.12. The minimum Gasteiger partial charge on any atom is -0.446 e. The maximum Gasteiger partial charge on any atom is 0.407 e. The van der Waals surface area contributed by atoms with Crippen molar-refractivity contribution >= 4 is 17.7 Å². The number of ether oxygens (including phenoxy) is 1. The number of nitrogens with one attached hydrogen (secondary N) is 1. The maximum atomic E-state index is 11.0. The van der Waals surface area contributed by atoms with E-state index < -0.39 is 0 Å². The fraction of sp³-hybridized carbons (Fsp3) is 0.875. The molecule has 1 heterocycles. The minimum atomic E-state index is -0.342. The molecule has 3 atom stereocenters. The highest BCUT2D eigenvalue weighted by Crippen LogP contribution is 2.20. The van der Waals surface area contributed by atoms with Crippen LogP contribution >= 0.6 is 11.6 Å². The Kier molecular flexibility index (Phi) is 3.20. The SMILES string of the molecule is CCC1OC(=O)NC(CCl)C1C. The number of carbonyl (C=O) groups is 1. The van der Waals surface area contributed by atoms with E-state index in [4.69, 9.17) is 16.3 Å². The van der Waals surface area contributed by atoms with Gasteiger partial charge in [0.2, 0.25) is 0 Å². The van der Waals surface area contributed by atoms with Gasteiger partial charge in [-0.15, -0.1) is 11.6 Å². The number of rotatable bonds is 2. The smallest absolute Gasteiger partial charge is 0.407 e. The summed E-state index contributed by atoms with van der Waals surface area (Å²) in [4.78, 5) is 11.0. The van der Waals surface area contributed by atoms with Crippen molar-refractivity contribution in [1.29, 1.82) is 0 Å². The van der Waals surface area contributed by atoms with Gasteiger partial charge >= 0.3 is 6.09 Å². The Bertz CT molecular complexity index is 158. The molecule has 3 unspecified atom stereocenters. The van der Waals surface area contributed by atoms with Gasteiger partial charge in [0.15, 0.2) is 0 Å². The zero-order valence-electron chi connectivity index (χ0n) is 7.34. The number of carbonyl (C=O) groups excluding carboxylic acids is 1. The molecule has 0 saturated carbocycles. The van der Waals surface area contributed by atoms with Crippen LogP contribution in [0.5, 0.6) is 0 Å². The van der Waals surface area contributed by atoms with Crippen LogP contribution in [0.3, 0.4) is 0 Å². The summed E-state index contributed by atoms with van der Waals surface area (Å²) < 4.78 is 5.07. The molecular weight excluding hydrogens is 178 g/mol. The van der Waals surface area contributed by atoms with Gasteiger partial charge in [-0.3, -0.25) is 0 Å². The van der Waals surface area contributed by atoms with Crippen LogP contribution in [-0.2, 0) is 4.74 Å². The summed E-state index contributed by atoms with van der Waals surface area (Å²) in [6, 6.07) is 0.0536. The van der Waals surface area contributed by atoms with E-state index in [0.29, 0.717) is 11.8 Å². The van der Waals surface area contributed by atoms with Gasteiger partial charge in [-0.1, -0.05) is 13.8 Å². The predicted molar refractivity (Wildman–Crippen MR) is 47.4 cm³/mol. The third-order valence-electron chi connectivity index (χ3n) is 2.35. The topological polar surface area (TPSA) is 38.3 Å². The molecular formula is C8H14ClNO2. The lowest BCUT2D eigenvalue weighted by molar-refractivity contribution is 0.0243. The molecule has 0 bridgehead atoms. The molecule has 3 nitrogen and oxygen atoms in total. The third kappa shape index (κ3) is 1.83. The average molecular weight is 192 g/mol. The number of hydrogen-bond donors (Lipinski definition) is 1. The first kappa shape index (κ1) is 9.65. The lowest BCUT2D eigenvalue weighted by atomic mass is 9.94. The van der Waals surface area contributed by atoms with Crippen molar-refractivity contribution in [2.75, 3.05) is 5.88 Å². The minimum absolute atomic E-state index is 0.0162. The second-order valence-corrected chi connectivity index (χ2v) is 3.42. The standard InChI is InChI=1S/C8H14ClNO2/c1-3-7-5(2)6(4-9)10-8(11)12-7/h5-7H,3-4H2,1-2H3,(H,10,11). The van der Waals surface area contributed by atoms with Gasteiger partial charge in [0.1, 0.15) is 6.10 Å². The van der Waals surface area contributed by atoms with Crippen LogP contribution in [0.15, 0.2) is 0 Å². The van der Waals surface area contributed by atoms with E-state index in [1.54, 1.807) is 0 Å². The predicted octanol–water partition coefficient (Wildman–Crippen LogP) is 1.75. The number of alkyl carbamates (subject to hydrolysis) is 1. The Labute approximate surface area is 77.4 Å². The highest BCUT2D eigenvalue weighted by molar-refractivity contribution is 6.18. The molecule has 0 aromatic carbocycles. The normalized spacial score (nSPS) is 35.6. The molecule has 0 aliphatic carbocycles. The quantitative estimate of drug-likeness (QED) is 0.676. The number of hydrogen-bond acceptors (Lipinski definition) is 2. The second kappa shape index (κ2) is 3.99. The average Bonchev–Trinajstić information content (AvgIpc) is 2.08. The van der Waals surface area contributed by atoms with Crippen molar-refractivity contribution in [2.45, 2.75) is 32.4 Å². The van der Waals surface area contributed by atoms with E-state index in [1.165, 1.54) is 0 Å². The molecule has 1 fully saturated rings. The highest BCUT2D eigenvalue weighted by atomic mass is 35.5. The van der Waals surface area contributed by atoms with Crippen LogP contribution in [0.1, 0.15) is 20.3 Å². The van der Waals surface area contributed by atoms with Gasteiger partial charge in [0, 0.05) is 11.8 Å². The Hall–Kier alpha value is -0.440. The fourth-order valence-corrected chi connectivity index (χ4v) is 1.81. The first-order valence-electron chi connectivity index (χ1n) is 4.22. The summed E-state index contributed by atoms with van der Waals surface area (Å²) in [6.07, 6.45) is 0.523. The lowest BCUT2D eigenvalue weighted by Crippen LogP contribution is -2.52. The number of halogens is 1. The van der Waals surface area contributed by atoms with Crippen molar-refractivity contribution in [3.63, 3.8) is 0 Å². The van der Waals surface area contributed by atoms with Crippen LogP contribution in [-0.4, -0.2) is 24.1 Å². The van der Waals surface area contributed by atoms with Crippen LogP contribution in [0.25, 0.3) is 0 Å². The molecule has 1 N–H and O–H groups in total. The Morgan fingerprint density at radius 3 is 2.83 bits per heavy atom. The van der Waals surface area contributed by atoms with Crippen LogP contribution in [0.4, 0.5) is 4.79 Å². The summed E-state index contributed by atoms with van der Waals surface area (Å²) >= 11 is 5.69. The molecule has 4 heteroatoms. The molecule has 1 rings (SSSR count). The van der Waals surface area contributed by atoms with Gasteiger partial charge < -0.3 is 10.1 Å². The van der Waals surface area contributed by atoms with Gasteiger partial charge in [0.25, 0.3) is 0 Å². The van der Waals surface area contributed by atoms with Crippen LogP contribution in [0, 0.1) is 5.92 Å². The first-order valence-corrected chi connectivity index (χ1v) is 4.75. The van der Waals surface area contributed by atoms with Crippen molar-refractivity contribution in [3.05, 3.63) is 0 Å². The summed E-state index contributed by atoms with van der Waals surface area (Å²) in [6.45, 7) is 4.05. The summed E-state index contributed by atoms with van der Waals surface area (Å²) in [5.41, 5.74) is 0. The van der Waals surface area contributed by atoms with E-state index >= 15 is 0 Å². The monoisotopic (exact) mass is 191 g/mol. The number of cyclic esters (lactones) is 1. The van der Waals surface area contributed by atoms with Gasteiger partial charge in [-0.05, 0) is 6.42 Å². The Morgan fingerprint density at radius 2 is 2.33 bits per heavy atom. The number of alkyl halides is 1. The molecule has 0 aromatic rings. The van der Waals surface area contributed by atoms with Gasteiger partial charge in [-0.25, -0.2) is 4.79 Å². The molecule has 12 heavy (non-hydrogen) atoms. The molecule has 0 aromatic heterocycles. The first-order chi connectivity index (χ1) is 5.69. The molecule has 70 valence electrons. The fourth-order valence-electron chi connectivity index (χ4n) is 1.45. The summed E-state index contributed by atoms with van der Waals surface area (Å²) in [5, 5.41) is 2.69. The van der Waals surface area contributed by atoms with E-state index in [2.05, 4.69) is 5.32 Å². The molecule has 0 radical (unpaired) electrons. The largest absolute Gasteiger partial charge is 0.446 e. The summed E-state index contributed by atoms with van der Waals surface area (Å²) in [5.74, 6) is 0.748. The van der Waals surface area contributed by atoms with Gasteiger partial charge in [-0.2, -0.15) is 0 Å². The summed E-state index contributed by atoms with van der Waals surface area (Å²) in [7, 11) is 0. The van der Waals surface area contributed by atoms with E-state index in [0.717, 1.165) is 6.42 Å². The third-order valence-corrected chi connectivity index (χ3v) is 2.68. The molecule has 1 saturated heterocycles. The molecule has 1 aliphatic rings. The van der Waals surface area contributed by atoms with Crippen molar-refractivity contribution in [3.8, 4) is 0 Å².